The van der Waals surface area contributed by atoms with Crippen molar-refractivity contribution in [3.05, 3.63) is 46.2 Å². The van der Waals surface area contributed by atoms with Crippen molar-refractivity contribution in [2.24, 2.45) is 5.73 Å². The highest BCUT2D eigenvalue weighted by Crippen LogP contribution is 2.29. The van der Waals surface area contributed by atoms with Crippen molar-refractivity contribution in [2.75, 3.05) is 18.6 Å². The van der Waals surface area contributed by atoms with Gasteiger partial charge < -0.3 is 15.5 Å². The van der Waals surface area contributed by atoms with E-state index in [0.717, 1.165) is 11.8 Å². The molecule has 3 aromatic rings. The molecule has 1 amide bonds. The predicted molar refractivity (Wildman–Crippen MR) is 109 cm³/mol. The molecule has 0 aliphatic rings. The third-order valence-electron chi connectivity index (χ3n) is 3.86. The van der Waals surface area contributed by atoms with Crippen molar-refractivity contribution in [1.29, 1.82) is 0 Å². The van der Waals surface area contributed by atoms with Crippen LogP contribution in [0.2, 0.25) is 0 Å². The van der Waals surface area contributed by atoms with Gasteiger partial charge in [-0.2, -0.15) is 0 Å². The number of hydrogen-bond donors (Lipinski definition) is 2. The lowest BCUT2D eigenvalue weighted by molar-refractivity contribution is -0.137. The molecule has 2 aromatic heterocycles. The monoisotopic (exact) mass is 418 g/mol. The number of nitrogens with two attached hydrogens (primary N) is 1. The lowest BCUT2D eigenvalue weighted by atomic mass is 10.2. The summed E-state index contributed by atoms with van der Waals surface area (Å²) in [5, 5.41) is 0.943. The van der Waals surface area contributed by atoms with Gasteiger partial charge in [-0.05, 0) is 17.9 Å². The number of amides is 1. The van der Waals surface area contributed by atoms with Gasteiger partial charge in [0.15, 0.2) is 5.16 Å². The van der Waals surface area contributed by atoms with Gasteiger partial charge in [-0.25, -0.2) is 4.98 Å². The summed E-state index contributed by atoms with van der Waals surface area (Å²) in [6.07, 6.45) is 0. The van der Waals surface area contributed by atoms with Crippen LogP contribution in [-0.4, -0.2) is 45.0 Å². The number of primary amides is 1. The highest BCUT2D eigenvalue weighted by atomic mass is 32.2. The summed E-state index contributed by atoms with van der Waals surface area (Å²) in [6.45, 7) is 1.92. The second-order valence-electron chi connectivity index (χ2n) is 5.59. The summed E-state index contributed by atoms with van der Waals surface area (Å²) in [5.74, 6) is -0.466. The van der Waals surface area contributed by atoms with Crippen molar-refractivity contribution in [3.63, 3.8) is 0 Å². The molecule has 2 heterocycles. The van der Waals surface area contributed by atoms with Crippen molar-refractivity contribution < 1.29 is 14.3 Å². The smallest absolute Gasteiger partial charge is 0.316 e. The number of hydrogen-bond acceptors (Lipinski definition) is 7. The third kappa shape index (κ3) is 3.78. The summed E-state index contributed by atoms with van der Waals surface area (Å²) in [6, 6.07) is 8.88. The maximum atomic E-state index is 13.4. The molecule has 0 saturated heterocycles. The minimum Gasteiger partial charge on any atom is -0.468 e. The molecule has 0 radical (unpaired) electrons. The molecular weight excluding hydrogens is 400 g/mol. The van der Waals surface area contributed by atoms with E-state index in [1.807, 2.05) is 13.0 Å². The Hall–Kier alpha value is -2.72. The second kappa shape index (κ2) is 8.53. The van der Waals surface area contributed by atoms with Crippen LogP contribution >= 0.6 is 23.5 Å². The van der Waals surface area contributed by atoms with E-state index in [4.69, 9.17) is 5.73 Å². The lowest BCUT2D eigenvalue weighted by Gasteiger charge is -2.11. The van der Waals surface area contributed by atoms with E-state index in [9.17, 15) is 14.4 Å². The first-order chi connectivity index (χ1) is 13.5. The number of H-pyrrole nitrogens is 1. The van der Waals surface area contributed by atoms with E-state index in [1.165, 1.54) is 23.4 Å². The molecule has 1 aromatic carbocycles. The highest BCUT2D eigenvalue weighted by molar-refractivity contribution is 7.99. The first-order valence-corrected chi connectivity index (χ1v) is 10.3. The number of aromatic nitrogens is 3. The molecule has 3 rings (SSSR count). The molecule has 28 heavy (non-hydrogen) atoms. The molecule has 0 aliphatic carbocycles. The van der Waals surface area contributed by atoms with E-state index >= 15 is 0 Å². The summed E-state index contributed by atoms with van der Waals surface area (Å²) >= 11 is 2.44. The van der Waals surface area contributed by atoms with Gasteiger partial charge in [0.25, 0.3) is 11.5 Å². The molecule has 0 unspecified atom stereocenters. The van der Waals surface area contributed by atoms with Gasteiger partial charge in [0.2, 0.25) is 0 Å². The van der Waals surface area contributed by atoms with Gasteiger partial charge in [-0.1, -0.05) is 36.9 Å². The molecule has 0 saturated carbocycles. The van der Waals surface area contributed by atoms with Crippen LogP contribution in [0.1, 0.15) is 17.3 Å². The molecule has 0 fully saturated rings. The molecular formula is C18H18N4O4S2. The van der Waals surface area contributed by atoms with Crippen molar-refractivity contribution >= 4 is 46.4 Å². The van der Waals surface area contributed by atoms with Gasteiger partial charge in [0.05, 0.1) is 34.5 Å². The number of rotatable bonds is 7. The molecule has 10 heteroatoms. The van der Waals surface area contributed by atoms with Gasteiger partial charge in [0, 0.05) is 0 Å². The zero-order valence-electron chi connectivity index (χ0n) is 15.2. The Bertz CT molecular complexity index is 1090. The fourth-order valence-corrected chi connectivity index (χ4v) is 4.32. The number of nitrogens with one attached hydrogen (secondary N) is 1. The number of aromatic amines is 1. The summed E-state index contributed by atoms with van der Waals surface area (Å²) in [7, 11) is 1.29. The average molecular weight is 419 g/mol. The van der Waals surface area contributed by atoms with Crippen LogP contribution in [0.4, 0.5) is 0 Å². The normalized spacial score (nSPS) is 10.9. The Labute approximate surface area is 168 Å². The number of thioether (sulfide) groups is 2. The first kappa shape index (κ1) is 20.0. The number of carbonyl (C=O) groups excluding carboxylic acids is 2. The van der Waals surface area contributed by atoms with Crippen LogP contribution in [-0.2, 0) is 9.53 Å². The zero-order valence-corrected chi connectivity index (χ0v) is 16.9. The number of ether oxygens (including phenoxy) is 1. The van der Waals surface area contributed by atoms with Crippen LogP contribution in [0.15, 0.2) is 45.3 Å². The molecule has 0 aliphatic heterocycles. The van der Waals surface area contributed by atoms with E-state index in [-0.39, 0.29) is 22.3 Å². The Balaban J connectivity index is 2.30. The summed E-state index contributed by atoms with van der Waals surface area (Å²) in [4.78, 5) is 44.5. The molecule has 146 valence electrons. The average Bonchev–Trinajstić information content (AvgIpc) is 3.05. The number of nitrogens with zero attached hydrogens (tertiary/aromatic N) is 2. The maximum absolute atomic E-state index is 13.4. The Morgan fingerprint density at radius 2 is 1.96 bits per heavy atom. The third-order valence-corrected chi connectivity index (χ3v) is 5.65. The Morgan fingerprint density at radius 3 is 2.57 bits per heavy atom. The predicted octanol–water partition coefficient (Wildman–Crippen LogP) is 2.19. The van der Waals surface area contributed by atoms with E-state index in [0.29, 0.717) is 21.6 Å². The number of carbonyl (C=O) groups is 2. The number of benzene rings is 1. The van der Waals surface area contributed by atoms with Crippen molar-refractivity contribution in [2.45, 2.75) is 17.1 Å². The standard InChI is InChI=1S/C18H18N4O4S2/c1-3-27-16-12(14(19)24)13-15(20-16)21-18(28-9-11(23)26-2)22(17(13)25)10-7-5-4-6-8-10/h4-8,20H,3,9H2,1-2H3,(H2,19,24). The van der Waals surface area contributed by atoms with Gasteiger partial charge in [-0.15, -0.1) is 11.8 Å². The molecule has 8 nitrogen and oxygen atoms in total. The Morgan fingerprint density at radius 1 is 1.25 bits per heavy atom. The van der Waals surface area contributed by atoms with Crippen LogP contribution in [0, 0.1) is 0 Å². The largest absolute Gasteiger partial charge is 0.468 e. The number of esters is 1. The second-order valence-corrected chi connectivity index (χ2v) is 7.80. The lowest BCUT2D eigenvalue weighted by Crippen LogP contribution is -2.24. The van der Waals surface area contributed by atoms with Crippen LogP contribution < -0.4 is 11.3 Å². The van der Waals surface area contributed by atoms with Crippen LogP contribution in [0.3, 0.4) is 0 Å². The minimum atomic E-state index is -0.698. The summed E-state index contributed by atoms with van der Waals surface area (Å²) < 4.78 is 6.05. The Kier molecular flexibility index (Phi) is 6.10. The zero-order chi connectivity index (χ0) is 20.3. The molecule has 0 atom stereocenters. The fourth-order valence-electron chi connectivity index (χ4n) is 2.67. The van der Waals surface area contributed by atoms with E-state index in [2.05, 4.69) is 14.7 Å². The van der Waals surface area contributed by atoms with Crippen LogP contribution in [0.5, 0.6) is 0 Å². The maximum Gasteiger partial charge on any atom is 0.316 e. The van der Waals surface area contributed by atoms with E-state index < -0.39 is 17.4 Å². The van der Waals surface area contributed by atoms with Crippen LogP contribution in [0.25, 0.3) is 16.7 Å². The van der Waals surface area contributed by atoms with Gasteiger partial charge in [0.1, 0.15) is 5.65 Å². The molecule has 3 N–H and O–H groups in total. The SMILES string of the molecule is CCSc1[nH]c2nc(SCC(=O)OC)n(-c3ccccc3)c(=O)c2c1C(N)=O. The number of fused-ring (bicyclic) bond motifs is 1. The highest BCUT2D eigenvalue weighted by Gasteiger charge is 2.24. The first-order valence-electron chi connectivity index (χ1n) is 8.34. The topological polar surface area (TPSA) is 120 Å². The van der Waals surface area contributed by atoms with Crippen molar-refractivity contribution in [1.82, 2.24) is 14.5 Å². The summed E-state index contributed by atoms with van der Waals surface area (Å²) in [5.41, 5.74) is 6.08. The van der Waals surface area contributed by atoms with Gasteiger partial charge >= 0.3 is 5.97 Å². The minimum absolute atomic E-state index is 0.0127. The van der Waals surface area contributed by atoms with Gasteiger partial charge in [-0.3, -0.25) is 19.0 Å². The number of para-hydroxylation sites is 1. The fraction of sp³-hybridized carbons (Fsp3) is 0.222. The quantitative estimate of drug-likeness (QED) is 0.343. The van der Waals surface area contributed by atoms with E-state index in [1.54, 1.807) is 24.3 Å². The molecule has 0 spiro atoms. The number of methoxy groups -OCH3 is 1. The van der Waals surface area contributed by atoms with Crippen molar-refractivity contribution in [3.8, 4) is 5.69 Å². The molecule has 0 bridgehead atoms.